The van der Waals surface area contributed by atoms with Crippen molar-refractivity contribution in [2.24, 2.45) is 5.73 Å². The first-order chi connectivity index (χ1) is 5.22. The molecule has 0 aromatic rings. The second kappa shape index (κ2) is 6.20. The van der Waals surface area contributed by atoms with Crippen molar-refractivity contribution in [3.63, 3.8) is 0 Å². The lowest BCUT2D eigenvalue weighted by Gasteiger charge is -2.01. The third-order valence-corrected chi connectivity index (χ3v) is 1.56. The molecule has 0 aromatic carbocycles. The van der Waals surface area contributed by atoms with Crippen molar-refractivity contribution in [1.82, 2.24) is 0 Å². The van der Waals surface area contributed by atoms with Crippen LogP contribution in [0.15, 0.2) is 35.9 Å². The van der Waals surface area contributed by atoms with Crippen molar-refractivity contribution in [2.45, 2.75) is 12.8 Å². The summed E-state index contributed by atoms with van der Waals surface area (Å²) in [6.45, 7) is 7.90. The fourth-order valence-electron chi connectivity index (χ4n) is 0.744. The first-order valence-electron chi connectivity index (χ1n) is 3.58. The molecule has 0 spiro atoms. The lowest BCUT2D eigenvalue weighted by molar-refractivity contribution is 0.834. The highest BCUT2D eigenvalue weighted by atomic mass is 35.5. The van der Waals surface area contributed by atoms with E-state index in [-0.39, 0.29) is 0 Å². The van der Waals surface area contributed by atoms with Gasteiger partial charge in [0.2, 0.25) is 0 Å². The molecule has 0 saturated carbocycles. The summed E-state index contributed by atoms with van der Waals surface area (Å²) in [5.41, 5.74) is 6.37. The molecule has 11 heavy (non-hydrogen) atoms. The molecule has 0 bridgehead atoms. The Kier molecular flexibility index (Phi) is 5.90. The van der Waals surface area contributed by atoms with Crippen LogP contribution < -0.4 is 5.73 Å². The van der Waals surface area contributed by atoms with E-state index in [1.54, 1.807) is 6.08 Å². The van der Waals surface area contributed by atoms with Crippen LogP contribution >= 0.6 is 11.6 Å². The van der Waals surface area contributed by atoms with Crippen molar-refractivity contribution < 1.29 is 0 Å². The van der Waals surface area contributed by atoms with Crippen LogP contribution in [-0.4, -0.2) is 6.54 Å². The van der Waals surface area contributed by atoms with Crippen molar-refractivity contribution in [3.8, 4) is 0 Å². The highest BCUT2D eigenvalue weighted by molar-refractivity contribution is 6.31. The van der Waals surface area contributed by atoms with E-state index >= 15 is 0 Å². The lowest BCUT2D eigenvalue weighted by Crippen LogP contribution is -1.98. The van der Waals surface area contributed by atoms with Gasteiger partial charge in [0, 0.05) is 5.03 Å². The van der Waals surface area contributed by atoms with Gasteiger partial charge >= 0.3 is 0 Å². The minimum absolute atomic E-state index is 0.582. The Morgan fingerprint density at radius 1 is 1.55 bits per heavy atom. The molecule has 1 nitrogen and oxygen atoms in total. The molecule has 0 amide bonds. The van der Waals surface area contributed by atoms with E-state index in [0.29, 0.717) is 11.6 Å². The van der Waals surface area contributed by atoms with Gasteiger partial charge in [-0.25, -0.2) is 0 Å². The Labute approximate surface area is 73.2 Å². The van der Waals surface area contributed by atoms with Gasteiger partial charge in [-0.05, 0) is 25.0 Å². The van der Waals surface area contributed by atoms with Crippen molar-refractivity contribution in [1.29, 1.82) is 0 Å². The van der Waals surface area contributed by atoms with Crippen LogP contribution in [0.3, 0.4) is 0 Å². The zero-order chi connectivity index (χ0) is 8.69. The maximum absolute atomic E-state index is 5.71. The fourth-order valence-corrected chi connectivity index (χ4v) is 0.902. The molecule has 0 unspecified atom stereocenters. The van der Waals surface area contributed by atoms with Gasteiger partial charge in [-0.3, -0.25) is 0 Å². The number of rotatable bonds is 5. The van der Waals surface area contributed by atoms with Crippen LogP contribution in [0.2, 0.25) is 0 Å². The van der Waals surface area contributed by atoms with Crippen LogP contribution in [0.5, 0.6) is 0 Å². The van der Waals surface area contributed by atoms with Gasteiger partial charge in [-0.15, -0.1) is 0 Å². The predicted octanol–water partition coefficient (Wildman–Crippen LogP) is 2.59. The van der Waals surface area contributed by atoms with Gasteiger partial charge in [0.25, 0.3) is 0 Å². The summed E-state index contributed by atoms with van der Waals surface area (Å²) in [5.74, 6) is 0. The van der Waals surface area contributed by atoms with Gasteiger partial charge in [0.05, 0.1) is 0 Å². The van der Waals surface area contributed by atoms with E-state index in [1.165, 1.54) is 0 Å². The standard InChI is InChI=1S/C9H14ClN/c1-3-5-9(8(2)10)6-4-7-11/h3,5H,1-2,4,6-7,11H2/b9-5-. The van der Waals surface area contributed by atoms with Gasteiger partial charge in [-0.1, -0.05) is 36.9 Å². The smallest absolute Gasteiger partial charge is 0.0366 e. The van der Waals surface area contributed by atoms with E-state index < -0.39 is 0 Å². The number of allylic oxidation sites excluding steroid dienone is 4. The maximum atomic E-state index is 5.71. The Balaban J connectivity index is 4.00. The van der Waals surface area contributed by atoms with Gasteiger partial charge in [-0.2, -0.15) is 0 Å². The molecule has 0 atom stereocenters. The molecule has 0 fully saturated rings. The summed E-state index contributed by atoms with van der Waals surface area (Å²) in [5, 5.41) is 0.582. The molecular formula is C9H14ClN. The van der Waals surface area contributed by atoms with Gasteiger partial charge < -0.3 is 5.73 Å². The van der Waals surface area contributed by atoms with Crippen LogP contribution in [0, 0.1) is 0 Å². The Bertz CT molecular complexity index is 170. The molecule has 2 N–H and O–H groups in total. The molecule has 0 rings (SSSR count). The normalized spacial score (nSPS) is 11.3. The third-order valence-electron chi connectivity index (χ3n) is 1.32. The predicted molar refractivity (Wildman–Crippen MR) is 51.6 cm³/mol. The molecule has 0 aliphatic rings. The molecule has 0 heterocycles. The van der Waals surface area contributed by atoms with Crippen LogP contribution in [-0.2, 0) is 0 Å². The van der Waals surface area contributed by atoms with Crippen molar-refractivity contribution in [2.75, 3.05) is 6.54 Å². The Hall–Kier alpha value is -0.530. The van der Waals surface area contributed by atoms with Crippen LogP contribution in [0.4, 0.5) is 0 Å². The second-order valence-electron chi connectivity index (χ2n) is 2.22. The molecule has 0 aliphatic heterocycles. The van der Waals surface area contributed by atoms with Crippen molar-refractivity contribution in [3.05, 3.63) is 35.9 Å². The number of hydrogen-bond acceptors (Lipinski definition) is 1. The summed E-state index contributed by atoms with van der Waals surface area (Å²) in [6, 6.07) is 0. The zero-order valence-corrected chi connectivity index (χ0v) is 7.40. The lowest BCUT2D eigenvalue weighted by atomic mass is 10.1. The molecule has 0 radical (unpaired) electrons. The molecule has 0 aliphatic carbocycles. The topological polar surface area (TPSA) is 26.0 Å². The number of hydrogen-bond donors (Lipinski definition) is 1. The SMILES string of the molecule is C=C/C=C(/CCCN)C(=C)Cl. The summed E-state index contributed by atoms with van der Waals surface area (Å²) in [4.78, 5) is 0. The van der Waals surface area contributed by atoms with E-state index in [4.69, 9.17) is 17.3 Å². The monoisotopic (exact) mass is 171 g/mol. The first-order valence-corrected chi connectivity index (χ1v) is 3.96. The summed E-state index contributed by atoms with van der Waals surface area (Å²) < 4.78 is 0. The average molecular weight is 172 g/mol. The van der Waals surface area contributed by atoms with Gasteiger partial charge in [0.15, 0.2) is 0 Å². The van der Waals surface area contributed by atoms with E-state index in [9.17, 15) is 0 Å². The largest absolute Gasteiger partial charge is 0.330 e. The summed E-state index contributed by atoms with van der Waals surface area (Å²) in [7, 11) is 0. The minimum Gasteiger partial charge on any atom is -0.330 e. The zero-order valence-electron chi connectivity index (χ0n) is 6.65. The maximum Gasteiger partial charge on any atom is 0.0366 e. The second-order valence-corrected chi connectivity index (χ2v) is 2.68. The summed E-state index contributed by atoms with van der Waals surface area (Å²) >= 11 is 5.71. The molecular weight excluding hydrogens is 158 g/mol. The van der Waals surface area contributed by atoms with Crippen LogP contribution in [0.1, 0.15) is 12.8 Å². The number of halogens is 1. The van der Waals surface area contributed by atoms with E-state index in [2.05, 4.69) is 13.2 Å². The minimum atomic E-state index is 0.582. The highest BCUT2D eigenvalue weighted by Crippen LogP contribution is 2.17. The van der Waals surface area contributed by atoms with E-state index in [0.717, 1.165) is 18.4 Å². The molecule has 0 saturated heterocycles. The summed E-state index contributed by atoms with van der Waals surface area (Å²) in [6.07, 6.45) is 5.39. The molecule has 0 aromatic heterocycles. The Morgan fingerprint density at radius 2 is 2.18 bits per heavy atom. The first kappa shape index (κ1) is 10.5. The third kappa shape index (κ3) is 4.82. The highest BCUT2D eigenvalue weighted by Gasteiger charge is 1.97. The average Bonchev–Trinajstić information content (AvgIpc) is 1.97. The molecule has 2 heteroatoms. The molecule has 62 valence electrons. The Morgan fingerprint density at radius 3 is 2.55 bits per heavy atom. The van der Waals surface area contributed by atoms with Crippen molar-refractivity contribution >= 4 is 11.6 Å². The number of nitrogens with two attached hydrogens (primary N) is 1. The quantitative estimate of drug-likeness (QED) is 0.633. The van der Waals surface area contributed by atoms with Gasteiger partial charge in [0.1, 0.15) is 0 Å². The van der Waals surface area contributed by atoms with E-state index in [1.807, 2.05) is 6.08 Å². The van der Waals surface area contributed by atoms with Crippen LogP contribution in [0.25, 0.3) is 0 Å². The fraction of sp³-hybridized carbons (Fsp3) is 0.333.